The summed E-state index contributed by atoms with van der Waals surface area (Å²) in [6, 6.07) is 49.2. The second-order valence-corrected chi connectivity index (χ2v) is 17.0. The Bertz CT molecular complexity index is 2650. The molecule has 0 saturated heterocycles. The second-order valence-electron chi connectivity index (χ2n) is 17.0. The molecular formula is C52H54N6O2. The fourth-order valence-corrected chi connectivity index (χ4v) is 7.16. The fourth-order valence-electron chi connectivity index (χ4n) is 7.16. The van der Waals surface area contributed by atoms with Crippen molar-refractivity contribution in [3.8, 4) is 45.8 Å². The van der Waals surface area contributed by atoms with E-state index in [9.17, 15) is 0 Å². The van der Waals surface area contributed by atoms with Crippen LogP contribution in [0.25, 0.3) is 22.5 Å². The van der Waals surface area contributed by atoms with Crippen molar-refractivity contribution >= 4 is 0 Å². The van der Waals surface area contributed by atoms with Crippen molar-refractivity contribution in [2.75, 3.05) is 0 Å². The van der Waals surface area contributed by atoms with Crippen LogP contribution in [-0.2, 0) is 37.8 Å². The molecule has 8 nitrogen and oxygen atoms in total. The summed E-state index contributed by atoms with van der Waals surface area (Å²) in [6.07, 6.45) is 4.89. The molecule has 0 bridgehead atoms. The monoisotopic (exact) mass is 794 g/mol. The quantitative estimate of drug-likeness (QED) is 0.137. The van der Waals surface area contributed by atoms with Crippen LogP contribution in [-0.4, -0.2) is 29.5 Å². The number of hydrogen-bond donors (Lipinski definition) is 0. The van der Waals surface area contributed by atoms with Crippen molar-refractivity contribution in [3.63, 3.8) is 0 Å². The van der Waals surface area contributed by atoms with Crippen LogP contribution in [0.4, 0.5) is 0 Å². The van der Waals surface area contributed by atoms with Gasteiger partial charge >= 0.3 is 0 Å². The van der Waals surface area contributed by atoms with Gasteiger partial charge in [0.05, 0.1) is 17.1 Å². The first kappa shape index (κ1) is 41.4. The standard InChI is InChI=1S/2C26H27N3O/c1-26(2,3)22-14-8-9-15-24(22)30-25-20(13-10-16-27-25)17-21-18-23(28-29(21)4)19-11-6-5-7-12-19;1-26(2,3)22-14-8-9-15-24(22)30-25-20(13-10-16-27-25)17-21-18-23(29(4)28-21)19-11-6-5-7-12-19/h2*5-16,18H,17H2,1-4H3. The van der Waals surface area contributed by atoms with E-state index in [-0.39, 0.29) is 10.8 Å². The van der Waals surface area contributed by atoms with Crippen LogP contribution in [0.5, 0.6) is 23.3 Å². The lowest BCUT2D eigenvalue weighted by atomic mass is 9.86. The Hall–Kier alpha value is -6.80. The van der Waals surface area contributed by atoms with Gasteiger partial charge in [0.1, 0.15) is 11.5 Å². The zero-order valence-electron chi connectivity index (χ0n) is 35.9. The molecule has 0 saturated carbocycles. The molecule has 304 valence electrons. The molecule has 8 heteroatoms. The lowest BCUT2D eigenvalue weighted by molar-refractivity contribution is 0.434. The minimum atomic E-state index is -0.0168. The Balaban J connectivity index is 0.000000181. The van der Waals surface area contributed by atoms with Crippen molar-refractivity contribution in [3.05, 3.63) is 192 Å². The van der Waals surface area contributed by atoms with Gasteiger partial charge in [-0.05, 0) is 52.8 Å². The van der Waals surface area contributed by atoms with E-state index >= 15 is 0 Å². The summed E-state index contributed by atoms with van der Waals surface area (Å²) in [5.74, 6) is 2.95. The zero-order valence-corrected chi connectivity index (χ0v) is 35.9. The Morgan fingerprint density at radius 1 is 0.483 bits per heavy atom. The van der Waals surface area contributed by atoms with Crippen LogP contribution in [0.2, 0.25) is 0 Å². The van der Waals surface area contributed by atoms with Gasteiger partial charge in [-0.25, -0.2) is 9.97 Å². The average molecular weight is 795 g/mol. The lowest BCUT2D eigenvalue weighted by Gasteiger charge is -2.22. The molecule has 0 atom stereocenters. The molecule has 4 aromatic carbocycles. The van der Waals surface area contributed by atoms with Crippen molar-refractivity contribution in [2.24, 2.45) is 14.1 Å². The largest absolute Gasteiger partial charge is 0.438 e. The summed E-state index contributed by atoms with van der Waals surface area (Å²) in [6.45, 7) is 13.1. The van der Waals surface area contributed by atoms with Crippen LogP contribution < -0.4 is 9.47 Å². The minimum Gasteiger partial charge on any atom is -0.438 e. The van der Waals surface area contributed by atoms with Gasteiger partial charge in [-0.2, -0.15) is 10.2 Å². The first-order valence-electron chi connectivity index (χ1n) is 20.4. The van der Waals surface area contributed by atoms with Crippen LogP contribution in [0.1, 0.15) is 75.2 Å². The first-order valence-corrected chi connectivity index (χ1v) is 20.4. The molecule has 60 heavy (non-hydrogen) atoms. The van der Waals surface area contributed by atoms with Gasteiger partial charge in [0.15, 0.2) is 0 Å². The molecule has 0 N–H and O–H groups in total. The van der Waals surface area contributed by atoms with Gasteiger partial charge in [-0.1, -0.05) is 151 Å². The second kappa shape index (κ2) is 18.0. The number of hydrogen-bond acceptors (Lipinski definition) is 6. The fraction of sp³-hybridized carbons (Fsp3) is 0.231. The Labute approximate surface area is 354 Å². The minimum absolute atomic E-state index is 0.0157. The first-order chi connectivity index (χ1) is 28.8. The van der Waals surface area contributed by atoms with E-state index in [1.54, 1.807) is 12.4 Å². The predicted molar refractivity (Wildman–Crippen MR) is 242 cm³/mol. The molecule has 4 aromatic heterocycles. The molecule has 0 aliphatic carbocycles. The molecule has 0 aliphatic rings. The van der Waals surface area contributed by atoms with Crippen molar-refractivity contribution in [1.82, 2.24) is 29.5 Å². The number of rotatable bonds is 10. The van der Waals surface area contributed by atoms with Gasteiger partial charge in [0, 0.05) is 72.8 Å². The average Bonchev–Trinajstić information content (AvgIpc) is 3.80. The number of pyridine rings is 2. The van der Waals surface area contributed by atoms with E-state index in [1.807, 2.05) is 108 Å². The summed E-state index contributed by atoms with van der Waals surface area (Å²) < 4.78 is 16.5. The van der Waals surface area contributed by atoms with Crippen LogP contribution in [0.15, 0.2) is 158 Å². The number of nitrogens with zero attached hydrogens (tertiary/aromatic N) is 6. The smallest absolute Gasteiger partial charge is 0.222 e. The van der Waals surface area contributed by atoms with Gasteiger partial charge in [0.2, 0.25) is 11.8 Å². The maximum atomic E-state index is 6.33. The summed E-state index contributed by atoms with van der Waals surface area (Å²) in [5.41, 5.74) is 10.8. The van der Waals surface area contributed by atoms with Gasteiger partial charge < -0.3 is 9.47 Å². The molecule has 0 fully saturated rings. The molecule has 0 radical (unpaired) electrons. The summed E-state index contributed by atoms with van der Waals surface area (Å²) in [4.78, 5) is 9.06. The maximum Gasteiger partial charge on any atom is 0.222 e. The number of aryl methyl sites for hydroxylation is 2. The Morgan fingerprint density at radius 3 is 1.50 bits per heavy atom. The van der Waals surface area contributed by atoms with E-state index in [2.05, 4.69) is 112 Å². The van der Waals surface area contributed by atoms with Crippen LogP contribution >= 0.6 is 0 Å². The molecule has 0 amide bonds. The molecular weight excluding hydrogens is 741 g/mol. The maximum absolute atomic E-state index is 6.33. The normalized spacial score (nSPS) is 11.5. The van der Waals surface area contributed by atoms with E-state index in [0.29, 0.717) is 24.6 Å². The third kappa shape index (κ3) is 10.1. The van der Waals surface area contributed by atoms with E-state index < -0.39 is 0 Å². The van der Waals surface area contributed by atoms with Gasteiger partial charge in [0.25, 0.3) is 0 Å². The number of aromatic nitrogens is 6. The van der Waals surface area contributed by atoms with Crippen molar-refractivity contribution < 1.29 is 9.47 Å². The topological polar surface area (TPSA) is 79.9 Å². The lowest BCUT2D eigenvalue weighted by Crippen LogP contribution is -2.12. The third-order valence-electron chi connectivity index (χ3n) is 10.3. The summed E-state index contributed by atoms with van der Waals surface area (Å²) in [7, 11) is 3.96. The highest BCUT2D eigenvalue weighted by atomic mass is 16.5. The van der Waals surface area contributed by atoms with Gasteiger partial charge in [-0.3, -0.25) is 9.36 Å². The Kier molecular flexibility index (Phi) is 12.4. The highest BCUT2D eigenvalue weighted by molar-refractivity contribution is 5.61. The van der Waals surface area contributed by atoms with Gasteiger partial charge in [-0.15, -0.1) is 0 Å². The highest BCUT2D eigenvalue weighted by Crippen LogP contribution is 2.36. The molecule has 8 rings (SSSR count). The molecule has 0 spiro atoms. The number of ether oxygens (including phenoxy) is 2. The SMILES string of the molecule is Cn1nc(-c2ccccc2)cc1Cc1cccnc1Oc1ccccc1C(C)(C)C.Cn1nc(Cc2cccnc2Oc2ccccc2C(C)(C)C)cc1-c1ccccc1. The zero-order chi connectivity index (χ0) is 42.3. The van der Waals surface area contributed by atoms with E-state index in [1.165, 1.54) is 0 Å². The van der Waals surface area contributed by atoms with Crippen LogP contribution in [0.3, 0.4) is 0 Å². The third-order valence-corrected chi connectivity index (χ3v) is 10.3. The van der Waals surface area contributed by atoms with Crippen molar-refractivity contribution in [1.29, 1.82) is 0 Å². The van der Waals surface area contributed by atoms with Crippen LogP contribution in [0, 0.1) is 0 Å². The molecule has 4 heterocycles. The number of para-hydroxylation sites is 2. The highest BCUT2D eigenvalue weighted by Gasteiger charge is 2.22. The van der Waals surface area contributed by atoms with E-state index in [4.69, 9.17) is 19.7 Å². The molecule has 8 aromatic rings. The summed E-state index contributed by atoms with van der Waals surface area (Å²) in [5, 5.41) is 9.41. The van der Waals surface area contributed by atoms with Crippen molar-refractivity contribution in [2.45, 2.75) is 65.2 Å². The Morgan fingerprint density at radius 2 is 0.967 bits per heavy atom. The predicted octanol–water partition coefficient (Wildman–Crippen LogP) is 12.3. The molecule has 0 unspecified atom stereocenters. The number of benzene rings is 4. The van der Waals surface area contributed by atoms with E-state index in [0.717, 1.165) is 67.7 Å². The molecule has 0 aliphatic heterocycles. The summed E-state index contributed by atoms with van der Waals surface area (Å²) >= 11 is 0.